The highest BCUT2D eigenvalue weighted by molar-refractivity contribution is 5.91. The highest BCUT2D eigenvalue weighted by Crippen LogP contribution is 2.29. The Hall–Kier alpha value is -3.16. The second-order valence-electron chi connectivity index (χ2n) is 7.68. The van der Waals surface area contributed by atoms with Crippen LogP contribution in [0.4, 0.5) is 13.2 Å². The average molecular weight is 402 g/mol. The molecule has 0 unspecified atom stereocenters. The summed E-state index contributed by atoms with van der Waals surface area (Å²) in [5, 5.41) is 10.3. The highest BCUT2D eigenvalue weighted by atomic mass is 19.4. The van der Waals surface area contributed by atoms with Crippen molar-refractivity contribution in [3.8, 4) is 0 Å². The first-order valence-electron chi connectivity index (χ1n) is 9.01. The van der Waals surface area contributed by atoms with Crippen molar-refractivity contribution in [2.75, 3.05) is 0 Å². The quantitative estimate of drug-likeness (QED) is 0.659. The van der Waals surface area contributed by atoms with Crippen molar-refractivity contribution < 1.29 is 18.0 Å². The van der Waals surface area contributed by atoms with E-state index in [1.807, 2.05) is 24.3 Å². The minimum atomic E-state index is -4.47. The van der Waals surface area contributed by atoms with Crippen LogP contribution >= 0.6 is 0 Å². The molecule has 1 aromatic carbocycles. The molecule has 1 amide bonds. The number of rotatable bonds is 4. The summed E-state index contributed by atoms with van der Waals surface area (Å²) >= 11 is 0. The van der Waals surface area contributed by atoms with Gasteiger partial charge in [0.2, 0.25) is 5.91 Å². The summed E-state index contributed by atoms with van der Waals surface area (Å²) in [5.74, 6) is -0.170. The van der Waals surface area contributed by atoms with Crippen LogP contribution in [-0.2, 0) is 22.9 Å². The van der Waals surface area contributed by atoms with E-state index in [-0.39, 0.29) is 29.3 Å². The Bertz CT molecular complexity index is 1040. The van der Waals surface area contributed by atoms with Gasteiger partial charge in [-0.25, -0.2) is 0 Å². The molecule has 0 aliphatic carbocycles. The zero-order valence-electron chi connectivity index (χ0n) is 16.3. The Morgan fingerprint density at radius 3 is 2.31 bits per heavy atom. The van der Waals surface area contributed by atoms with Crippen molar-refractivity contribution in [3.05, 3.63) is 71.2 Å². The van der Waals surface area contributed by atoms with E-state index in [2.05, 4.69) is 36.3 Å². The average Bonchev–Trinajstić information content (AvgIpc) is 3.06. The molecule has 29 heavy (non-hydrogen) atoms. The molecule has 3 aromatic rings. The van der Waals surface area contributed by atoms with Gasteiger partial charge in [-0.2, -0.15) is 13.2 Å². The molecular formula is C21H21F3N4O. The smallest absolute Gasteiger partial charge is 0.345 e. The largest absolute Gasteiger partial charge is 0.417 e. The van der Waals surface area contributed by atoms with Crippen molar-refractivity contribution in [2.24, 2.45) is 0 Å². The van der Waals surface area contributed by atoms with Crippen LogP contribution in [0.5, 0.6) is 0 Å². The van der Waals surface area contributed by atoms with Crippen LogP contribution < -0.4 is 5.32 Å². The van der Waals surface area contributed by atoms with Crippen LogP contribution in [0.2, 0.25) is 0 Å². The van der Waals surface area contributed by atoms with Gasteiger partial charge in [0.25, 0.3) is 0 Å². The molecule has 152 valence electrons. The van der Waals surface area contributed by atoms with Crippen molar-refractivity contribution in [1.82, 2.24) is 19.9 Å². The van der Waals surface area contributed by atoms with Gasteiger partial charge in [0, 0.05) is 12.3 Å². The van der Waals surface area contributed by atoms with E-state index in [1.54, 1.807) is 6.08 Å². The maximum Gasteiger partial charge on any atom is 0.417 e. The van der Waals surface area contributed by atoms with Gasteiger partial charge in [0.1, 0.15) is 0 Å². The number of pyridine rings is 1. The Kier molecular flexibility index (Phi) is 5.46. The van der Waals surface area contributed by atoms with Crippen molar-refractivity contribution in [1.29, 1.82) is 0 Å². The van der Waals surface area contributed by atoms with E-state index in [1.165, 1.54) is 22.1 Å². The number of hydrogen-bond acceptors (Lipinski definition) is 3. The van der Waals surface area contributed by atoms with Crippen LogP contribution in [0.1, 0.15) is 43.3 Å². The summed E-state index contributed by atoms with van der Waals surface area (Å²) in [5.41, 5.74) is 1.58. The van der Waals surface area contributed by atoms with Gasteiger partial charge < -0.3 is 5.32 Å². The number of halogens is 3. The first-order chi connectivity index (χ1) is 13.5. The minimum absolute atomic E-state index is 0.0470. The first kappa shape index (κ1) is 20.6. The fraction of sp³-hybridized carbons (Fsp3) is 0.286. The molecule has 5 nitrogen and oxygen atoms in total. The van der Waals surface area contributed by atoms with Gasteiger partial charge in [-0.1, -0.05) is 45.0 Å². The molecule has 0 saturated heterocycles. The van der Waals surface area contributed by atoms with Crippen LogP contribution in [0.3, 0.4) is 0 Å². The molecular weight excluding hydrogens is 381 g/mol. The van der Waals surface area contributed by atoms with Gasteiger partial charge in [-0.05, 0) is 34.8 Å². The zero-order chi connectivity index (χ0) is 21.2. The third kappa shape index (κ3) is 5.01. The third-order valence-corrected chi connectivity index (χ3v) is 4.42. The molecule has 0 aliphatic heterocycles. The number of alkyl halides is 3. The molecule has 8 heteroatoms. The number of nitrogens with one attached hydrogen (secondary N) is 1. The number of carbonyl (C=O) groups excluding carboxylic acids is 1. The Labute approximate surface area is 166 Å². The number of amides is 1. The molecule has 2 aromatic heterocycles. The molecule has 0 bridgehead atoms. The van der Waals surface area contributed by atoms with Gasteiger partial charge in [0.05, 0.1) is 12.1 Å². The van der Waals surface area contributed by atoms with Crippen LogP contribution in [0.25, 0.3) is 11.7 Å². The van der Waals surface area contributed by atoms with Gasteiger partial charge in [0.15, 0.2) is 11.5 Å². The van der Waals surface area contributed by atoms with Crippen LogP contribution in [0, 0.1) is 0 Å². The summed E-state index contributed by atoms with van der Waals surface area (Å²) in [7, 11) is 0. The molecule has 1 N–H and O–H groups in total. The lowest BCUT2D eigenvalue weighted by Crippen LogP contribution is -2.21. The monoisotopic (exact) mass is 402 g/mol. The Balaban J connectivity index is 1.65. The van der Waals surface area contributed by atoms with Gasteiger partial charge >= 0.3 is 6.18 Å². The molecule has 0 spiro atoms. The number of fused-ring (bicyclic) bond motifs is 1. The van der Waals surface area contributed by atoms with E-state index >= 15 is 0 Å². The summed E-state index contributed by atoms with van der Waals surface area (Å²) in [6.07, 6.45) is -0.504. The summed E-state index contributed by atoms with van der Waals surface area (Å²) in [6.45, 7) is 6.32. The molecule has 3 rings (SSSR count). The minimum Gasteiger partial charge on any atom is -0.345 e. The lowest BCUT2D eigenvalue weighted by Gasteiger charge is -2.18. The van der Waals surface area contributed by atoms with E-state index < -0.39 is 11.7 Å². The normalized spacial score (nSPS) is 12.6. The fourth-order valence-corrected chi connectivity index (χ4v) is 2.72. The summed E-state index contributed by atoms with van der Waals surface area (Å²) in [4.78, 5) is 12.1. The molecule has 0 aliphatic rings. The number of nitrogens with zero attached hydrogens (tertiary/aromatic N) is 3. The second-order valence-corrected chi connectivity index (χ2v) is 7.68. The zero-order valence-corrected chi connectivity index (χ0v) is 16.3. The van der Waals surface area contributed by atoms with E-state index in [0.717, 1.165) is 17.8 Å². The van der Waals surface area contributed by atoms with E-state index in [4.69, 9.17) is 0 Å². The highest BCUT2D eigenvalue weighted by Gasteiger charge is 2.31. The van der Waals surface area contributed by atoms with E-state index in [9.17, 15) is 18.0 Å². The molecule has 2 heterocycles. The van der Waals surface area contributed by atoms with Crippen LogP contribution in [0.15, 0.2) is 48.7 Å². The first-order valence-corrected chi connectivity index (χ1v) is 9.01. The predicted octanol–water partition coefficient (Wildman–Crippen LogP) is 4.38. The lowest BCUT2D eigenvalue weighted by molar-refractivity contribution is -0.137. The predicted molar refractivity (Wildman–Crippen MR) is 104 cm³/mol. The number of hydrogen-bond donors (Lipinski definition) is 1. The van der Waals surface area contributed by atoms with Gasteiger partial charge in [-0.15, -0.1) is 10.2 Å². The number of benzene rings is 1. The topological polar surface area (TPSA) is 59.3 Å². The third-order valence-electron chi connectivity index (χ3n) is 4.42. The summed E-state index contributed by atoms with van der Waals surface area (Å²) < 4.78 is 39.9. The van der Waals surface area contributed by atoms with Crippen molar-refractivity contribution in [2.45, 2.75) is 38.9 Å². The standard InChI is InChI=1S/C21H21F3N4O/c1-20(2,3)15-7-4-14(5-8-15)6-11-19(29)25-12-18-27-26-17-10-9-16(13-28(17)18)21(22,23)24/h4-11,13H,12H2,1-3H3,(H,25,29). The van der Waals surface area contributed by atoms with E-state index in [0.29, 0.717) is 0 Å². The second kappa shape index (κ2) is 7.69. The fourth-order valence-electron chi connectivity index (χ4n) is 2.72. The summed E-state index contributed by atoms with van der Waals surface area (Å²) in [6, 6.07) is 10.1. The molecule has 0 fully saturated rings. The van der Waals surface area contributed by atoms with Crippen molar-refractivity contribution >= 4 is 17.6 Å². The Morgan fingerprint density at radius 2 is 1.69 bits per heavy atom. The SMILES string of the molecule is CC(C)(C)c1ccc(C=CC(=O)NCc2nnc3ccc(C(F)(F)F)cn23)cc1. The Morgan fingerprint density at radius 1 is 1.03 bits per heavy atom. The number of carbonyl (C=O) groups is 1. The van der Waals surface area contributed by atoms with Gasteiger partial charge in [-0.3, -0.25) is 9.20 Å². The molecule has 0 atom stereocenters. The number of aromatic nitrogens is 3. The molecule has 0 radical (unpaired) electrons. The maximum atomic E-state index is 12.9. The molecule has 0 saturated carbocycles. The maximum absolute atomic E-state index is 12.9. The lowest BCUT2D eigenvalue weighted by atomic mass is 9.87. The van der Waals surface area contributed by atoms with Crippen LogP contribution in [-0.4, -0.2) is 20.5 Å². The van der Waals surface area contributed by atoms with Crippen molar-refractivity contribution in [3.63, 3.8) is 0 Å².